The molecule has 4 atom stereocenters. The number of hydrogen-bond donors (Lipinski definition) is 1. The molecule has 2 aliphatic heterocycles. The number of ketones is 1. The Morgan fingerprint density at radius 2 is 2.12 bits per heavy atom. The van der Waals surface area contributed by atoms with Crippen LogP contribution < -0.4 is 5.32 Å². The topological polar surface area (TPSA) is 58.6 Å². The second kappa shape index (κ2) is 6.07. The van der Waals surface area contributed by atoms with Crippen molar-refractivity contribution < 1.29 is 14.3 Å². The largest absolute Gasteiger partial charge is 0.372 e. The van der Waals surface area contributed by atoms with Gasteiger partial charge in [-0.1, -0.05) is 25.1 Å². The molecular formula is C20H24N2O3. The number of anilines is 1. The van der Waals surface area contributed by atoms with Crippen molar-refractivity contribution in [2.75, 3.05) is 19.0 Å². The molecule has 1 amide bonds. The lowest BCUT2D eigenvalue weighted by Gasteiger charge is -2.53. The van der Waals surface area contributed by atoms with Gasteiger partial charge in [0.1, 0.15) is 5.60 Å². The van der Waals surface area contributed by atoms with E-state index in [-0.39, 0.29) is 29.7 Å². The van der Waals surface area contributed by atoms with E-state index in [1.165, 1.54) is 0 Å². The first-order chi connectivity index (χ1) is 12.1. The molecule has 1 saturated heterocycles. The minimum Gasteiger partial charge on any atom is -0.372 e. The third kappa shape index (κ3) is 2.45. The summed E-state index contributed by atoms with van der Waals surface area (Å²) in [7, 11) is 1.72. The second-order valence-electron chi connectivity index (χ2n) is 7.17. The van der Waals surface area contributed by atoms with Crippen LogP contribution in [0.5, 0.6) is 0 Å². The molecule has 2 heterocycles. The molecule has 1 N–H and O–H groups in total. The van der Waals surface area contributed by atoms with Crippen LogP contribution >= 0.6 is 0 Å². The lowest BCUT2D eigenvalue weighted by molar-refractivity contribution is -0.134. The number of amides is 1. The lowest BCUT2D eigenvalue weighted by atomic mass is 9.72. The number of para-hydroxylation sites is 1. The van der Waals surface area contributed by atoms with Crippen LogP contribution in [0.4, 0.5) is 5.69 Å². The summed E-state index contributed by atoms with van der Waals surface area (Å²) in [5, 5.41) is 3.02. The van der Waals surface area contributed by atoms with E-state index in [4.69, 9.17) is 4.74 Å². The van der Waals surface area contributed by atoms with Crippen LogP contribution in [0.15, 0.2) is 36.4 Å². The van der Waals surface area contributed by atoms with Gasteiger partial charge in [0.05, 0.1) is 5.92 Å². The van der Waals surface area contributed by atoms with Crippen molar-refractivity contribution in [3.63, 3.8) is 0 Å². The van der Waals surface area contributed by atoms with Crippen LogP contribution in [0.2, 0.25) is 0 Å². The number of methoxy groups -OCH3 is 1. The Hall–Kier alpha value is -1.98. The molecule has 5 nitrogen and oxygen atoms in total. The van der Waals surface area contributed by atoms with E-state index in [0.717, 1.165) is 30.6 Å². The van der Waals surface area contributed by atoms with Gasteiger partial charge < -0.3 is 10.1 Å². The summed E-state index contributed by atoms with van der Waals surface area (Å²) in [6.45, 7) is 2.88. The predicted molar refractivity (Wildman–Crippen MR) is 95.5 cm³/mol. The molecule has 0 spiro atoms. The monoisotopic (exact) mass is 340 g/mol. The van der Waals surface area contributed by atoms with E-state index in [2.05, 4.69) is 17.1 Å². The van der Waals surface area contributed by atoms with Crippen molar-refractivity contribution in [1.82, 2.24) is 4.90 Å². The van der Waals surface area contributed by atoms with Crippen molar-refractivity contribution in [3.05, 3.63) is 42.0 Å². The maximum absolute atomic E-state index is 12.7. The maximum Gasteiger partial charge on any atom is 0.233 e. The van der Waals surface area contributed by atoms with E-state index in [9.17, 15) is 9.59 Å². The summed E-state index contributed by atoms with van der Waals surface area (Å²) in [6.07, 6.45) is 5.73. The van der Waals surface area contributed by atoms with Gasteiger partial charge in [0.25, 0.3) is 0 Å². The molecule has 0 bridgehead atoms. The average Bonchev–Trinajstić information content (AvgIpc) is 2.96. The number of benzene rings is 1. The van der Waals surface area contributed by atoms with Crippen molar-refractivity contribution in [3.8, 4) is 0 Å². The maximum atomic E-state index is 12.7. The first-order valence-electron chi connectivity index (χ1n) is 9.02. The van der Waals surface area contributed by atoms with E-state index in [1.54, 1.807) is 13.2 Å². The first-order valence-corrected chi connectivity index (χ1v) is 9.02. The highest BCUT2D eigenvalue weighted by atomic mass is 16.5. The molecule has 0 radical (unpaired) electrons. The molecule has 0 aromatic heterocycles. The molecule has 1 aromatic rings. The summed E-state index contributed by atoms with van der Waals surface area (Å²) in [5.41, 5.74) is 1.56. The highest BCUT2D eigenvalue weighted by Gasteiger charge is 2.52. The Morgan fingerprint density at radius 1 is 1.32 bits per heavy atom. The number of nitrogens with zero attached hydrogens (tertiary/aromatic N) is 1. The smallest absolute Gasteiger partial charge is 0.233 e. The van der Waals surface area contributed by atoms with Crippen LogP contribution in [0, 0.1) is 0 Å². The quantitative estimate of drug-likeness (QED) is 0.918. The zero-order valence-electron chi connectivity index (χ0n) is 14.7. The van der Waals surface area contributed by atoms with E-state index >= 15 is 0 Å². The Bertz CT molecular complexity index is 744. The van der Waals surface area contributed by atoms with Gasteiger partial charge in [-0.15, -0.1) is 0 Å². The number of ether oxygens (including phenoxy) is 1. The molecule has 25 heavy (non-hydrogen) atoms. The van der Waals surface area contributed by atoms with Gasteiger partial charge >= 0.3 is 0 Å². The molecule has 4 rings (SSSR count). The number of piperidine rings is 1. The van der Waals surface area contributed by atoms with Gasteiger partial charge in [0.2, 0.25) is 5.91 Å². The highest BCUT2D eigenvalue weighted by molar-refractivity contribution is 6.03. The van der Waals surface area contributed by atoms with Gasteiger partial charge in [-0.25, -0.2) is 0 Å². The Balaban J connectivity index is 1.72. The summed E-state index contributed by atoms with van der Waals surface area (Å²) < 4.78 is 5.89. The molecule has 5 heteroatoms. The SMILES string of the molecule is CCN1C(C2C(=O)Nc3ccccc32)CCC2(OC)C=CC(=O)CC12. The minimum absolute atomic E-state index is 0.0145. The number of carbonyl (C=O) groups excluding carboxylic acids is 2. The number of likely N-dealkylation sites (N-methyl/N-ethyl adjacent to an activating group) is 1. The van der Waals surface area contributed by atoms with Gasteiger partial charge in [0, 0.05) is 31.3 Å². The van der Waals surface area contributed by atoms with Crippen molar-refractivity contribution in [2.24, 2.45) is 0 Å². The molecule has 1 aromatic carbocycles. The van der Waals surface area contributed by atoms with Gasteiger partial charge in [-0.3, -0.25) is 14.5 Å². The van der Waals surface area contributed by atoms with Gasteiger partial charge in [-0.2, -0.15) is 0 Å². The van der Waals surface area contributed by atoms with Crippen molar-refractivity contribution >= 4 is 17.4 Å². The molecule has 1 fully saturated rings. The third-order valence-electron chi connectivity index (χ3n) is 6.13. The minimum atomic E-state index is -0.422. The fourth-order valence-electron chi connectivity index (χ4n) is 4.93. The number of hydrogen-bond acceptors (Lipinski definition) is 4. The fraction of sp³-hybridized carbons (Fsp3) is 0.500. The van der Waals surface area contributed by atoms with Gasteiger partial charge in [-0.05, 0) is 43.2 Å². The van der Waals surface area contributed by atoms with Gasteiger partial charge in [0.15, 0.2) is 5.78 Å². The average molecular weight is 340 g/mol. The van der Waals surface area contributed by atoms with Crippen LogP contribution in [-0.2, 0) is 14.3 Å². The molecule has 4 unspecified atom stereocenters. The van der Waals surface area contributed by atoms with Crippen molar-refractivity contribution in [1.29, 1.82) is 0 Å². The number of fused-ring (bicyclic) bond motifs is 2. The van der Waals surface area contributed by atoms with Crippen molar-refractivity contribution in [2.45, 2.75) is 49.8 Å². The zero-order valence-corrected chi connectivity index (χ0v) is 14.7. The Morgan fingerprint density at radius 3 is 2.88 bits per heavy atom. The highest BCUT2D eigenvalue weighted by Crippen LogP contribution is 2.46. The number of nitrogens with one attached hydrogen (secondary N) is 1. The Kier molecular flexibility index (Phi) is 4.01. The number of rotatable bonds is 3. The number of likely N-dealkylation sites (tertiary alicyclic amines) is 1. The van der Waals surface area contributed by atoms with E-state index < -0.39 is 5.60 Å². The van der Waals surface area contributed by atoms with E-state index in [1.807, 2.05) is 30.3 Å². The predicted octanol–water partition coefficient (Wildman–Crippen LogP) is 2.49. The second-order valence-corrected chi connectivity index (χ2v) is 7.17. The van der Waals surface area contributed by atoms with Crippen LogP contribution in [0.25, 0.3) is 0 Å². The summed E-state index contributed by atoms with van der Waals surface area (Å²) in [4.78, 5) is 27.1. The molecule has 0 saturated carbocycles. The fourth-order valence-corrected chi connectivity index (χ4v) is 4.93. The summed E-state index contributed by atoms with van der Waals surface area (Å²) >= 11 is 0. The molecule has 3 aliphatic rings. The first kappa shape index (κ1) is 16.5. The van der Waals surface area contributed by atoms with E-state index in [0.29, 0.717) is 6.42 Å². The molecular weight excluding hydrogens is 316 g/mol. The lowest BCUT2D eigenvalue weighted by Crippen LogP contribution is -2.63. The zero-order chi connectivity index (χ0) is 17.6. The third-order valence-corrected chi connectivity index (χ3v) is 6.13. The van der Waals surface area contributed by atoms with Crippen LogP contribution in [0.3, 0.4) is 0 Å². The number of carbonyl (C=O) groups is 2. The Labute approximate surface area is 148 Å². The van der Waals surface area contributed by atoms with Crippen LogP contribution in [-0.4, -0.2) is 47.9 Å². The number of allylic oxidation sites excluding steroid dienone is 1. The molecule has 1 aliphatic carbocycles. The standard InChI is InChI=1S/C20H24N2O3/c1-3-22-16(18-14-6-4-5-7-15(14)21-19(18)24)9-11-20(25-2)10-8-13(23)12-17(20)22/h4-8,10,16-18H,3,9,11-12H2,1-2H3,(H,21,24). The molecule has 132 valence electrons. The summed E-state index contributed by atoms with van der Waals surface area (Å²) in [5.74, 6) is 0.00677. The summed E-state index contributed by atoms with van der Waals surface area (Å²) in [6, 6.07) is 7.99. The normalized spacial score (nSPS) is 34.6. The van der Waals surface area contributed by atoms with Crippen LogP contribution in [0.1, 0.15) is 37.7 Å².